The van der Waals surface area contributed by atoms with Crippen molar-refractivity contribution in [2.45, 2.75) is 25.4 Å². The van der Waals surface area contributed by atoms with Crippen molar-refractivity contribution in [3.63, 3.8) is 0 Å². The summed E-state index contributed by atoms with van der Waals surface area (Å²) in [6, 6.07) is 15.0. The predicted molar refractivity (Wildman–Crippen MR) is 108 cm³/mol. The molecule has 1 aliphatic rings. The SMILES string of the molecule is CC(CN1CCCC1)C(O)(c1ccccc1Cl)c1ccccc1Cl.Cl. The van der Waals surface area contributed by atoms with Crippen LogP contribution in [-0.4, -0.2) is 29.6 Å². The second kappa shape index (κ2) is 8.75. The molecule has 2 nitrogen and oxygen atoms in total. The van der Waals surface area contributed by atoms with E-state index in [0.29, 0.717) is 21.2 Å². The summed E-state index contributed by atoms with van der Waals surface area (Å²) in [5, 5.41) is 13.0. The van der Waals surface area contributed by atoms with Gasteiger partial charge in [0.2, 0.25) is 0 Å². The number of halogens is 3. The number of likely N-dealkylation sites (tertiary alicyclic amines) is 1. The van der Waals surface area contributed by atoms with Gasteiger partial charge in [-0.15, -0.1) is 12.4 Å². The summed E-state index contributed by atoms with van der Waals surface area (Å²) in [4.78, 5) is 2.41. The summed E-state index contributed by atoms with van der Waals surface area (Å²) in [5.74, 6) is -0.0459. The molecule has 1 unspecified atom stereocenters. The van der Waals surface area contributed by atoms with Crippen LogP contribution in [0.15, 0.2) is 48.5 Å². The highest BCUT2D eigenvalue weighted by Gasteiger charge is 2.41. The molecule has 1 saturated heterocycles. The first-order chi connectivity index (χ1) is 11.5. The minimum Gasteiger partial charge on any atom is -0.380 e. The molecule has 0 saturated carbocycles. The van der Waals surface area contributed by atoms with Crippen LogP contribution in [0.25, 0.3) is 0 Å². The zero-order valence-corrected chi connectivity index (χ0v) is 16.6. The fraction of sp³-hybridized carbons (Fsp3) is 0.400. The predicted octanol–water partition coefficient (Wildman–Crippen LogP) is 5.38. The minimum atomic E-state index is -1.22. The molecule has 0 spiro atoms. The number of hydrogen-bond acceptors (Lipinski definition) is 2. The zero-order valence-electron chi connectivity index (χ0n) is 14.3. The Kier molecular flexibility index (Phi) is 7.19. The van der Waals surface area contributed by atoms with Crippen molar-refractivity contribution in [1.29, 1.82) is 0 Å². The molecule has 2 aromatic carbocycles. The van der Waals surface area contributed by atoms with Crippen molar-refractivity contribution < 1.29 is 5.11 Å². The maximum absolute atomic E-state index is 11.8. The van der Waals surface area contributed by atoms with E-state index in [1.165, 1.54) is 12.8 Å². The molecule has 0 radical (unpaired) electrons. The van der Waals surface area contributed by atoms with Crippen molar-refractivity contribution in [2.75, 3.05) is 19.6 Å². The first-order valence-corrected chi connectivity index (χ1v) is 9.24. The number of nitrogens with zero attached hydrogens (tertiary/aromatic N) is 1. The first kappa shape index (κ1) is 20.5. The highest BCUT2D eigenvalue weighted by Crippen LogP contribution is 2.43. The number of rotatable bonds is 5. The molecule has 5 heteroatoms. The second-order valence-electron chi connectivity index (χ2n) is 6.63. The Hall–Kier alpha value is -0.770. The van der Waals surface area contributed by atoms with Crippen LogP contribution in [0.4, 0.5) is 0 Å². The van der Waals surface area contributed by atoms with Crippen molar-refractivity contribution in [1.82, 2.24) is 4.90 Å². The summed E-state index contributed by atoms with van der Waals surface area (Å²) in [6.07, 6.45) is 2.45. The van der Waals surface area contributed by atoms with E-state index in [2.05, 4.69) is 11.8 Å². The minimum absolute atomic E-state index is 0. The van der Waals surface area contributed by atoms with Gasteiger partial charge in [0.25, 0.3) is 0 Å². The van der Waals surface area contributed by atoms with Gasteiger partial charge in [-0.25, -0.2) is 0 Å². The van der Waals surface area contributed by atoms with Crippen molar-refractivity contribution >= 4 is 35.6 Å². The molecule has 0 aromatic heterocycles. The standard InChI is InChI=1S/C20H23Cl2NO.ClH/c1-15(14-23-12-6-7-13-23)20(24,16-8-2-4-10-18(16)21)17-9-3-5-11-19(17)22;/h2-5,8-11,15,24H,6-7,12-14H2,1H3;1H. The molecule has 1 N–H and O–H groups in total. The van der Waals surface area contributed by atoms with E-state index in [4.69, 9.17) is 23.2 Å². The van der Waals surface area contributed by atoms with Crippen LogP contribution in [0.3, 0.4) is 0 Å². The Balaban J connectivity index is 0.00000225. The van der Waals surface area contributed by atoms with Crippen molar-refractivity contribution in [3.8, 4) is 0 Å². The van der Waals surface area contributed by atoms with Crippen LogP contribution in [0.5, 0.6) is 0 Å². The van der Waals surface area contributed by atoms with Gasteiger partial charge in [-0.2, -0.15) is 0 Å². The summed E-state index contributed by atoms with van der Waals surface area (Å²) < 4.78 is 0. The van der Waals surface area contributed by atoms with Gasteiger partial charge in [0.1, 0.15) is 5.60 Å². The molecule has 0 amide bonds. The lowest BCUT2D eigenvalue weighted by Gasteiger charge is -2.38. The number of benzene rings is 2. The van der Waals surface area contributed by atoms with Crippen LogP contribution in [0.1, 0.15) is 30.9 Å². The molecular weight excluding hydrogens is 377 g/mol. The summed E-state index contributed by atoms with van der Waals surface area (Å²) in [5.41, 5.74) is 0.206. The second-order valence-corrected chi connectivity index (χ2v) is 7.45. The van der Waals surface area contributed by atoms with Gasteiger partial charge in [-0.3, -0.25) is 0 Å². The molecule has 136 valence electrons. The van der Waals surface area contributed by atoms with Gasteiger partial charge in [-0.1, -0.05) is 66.5 Å². The largest absolute Gasteiger partial charge is 0.380 e. The van der Waals surface area contributed by atoms with Crippen LogP contribution in [-0.2, 0) is 5.60 Å². The van der Waals surface area contributed by atoms with Crippen molar-refractivity contribution in [3.05, 3.63) is 69.7 Å². The Morgan fingerprint density at radius 1 is 0.960 bits per heavy atom. The Morgan fingerprint density at radius 2 is 1.40 bits per heavy atom. The third-order valence-corrected chi connectivity index (χ3v) is 5.67. The normalized spacial score (nSPS) is 16.5. The van der Waals surface area contributed by atoms with E-state index < -0.39 is 5.60 Å². The monoisotopic (exact) mass is 399 g/mol. The Labute approximate surface area is 166 Å². The molecule has 1 atom stereocenters. The maximum Gasteiger partial charge on any atom is 0.121 e. The van der Waals surface area contributed by atoms with Crippen molar-refractivity contribution in [2.24, 2.45) is 5.92 Å². The fourth-order valence-corrected chi connectivity index (χ4v) is 4.26. The van der Waals surface area contributed by atoms with E-state index in [1.807, 2.05) is 48.5 Å². The highest BCUT2D eigenvalue weighted by molar-refractivity contribution is 6.32. The highest BCUT2D eigenvalue weighted by atomic mass is 35.5. The third kappa shape index (κ3) is 4.15. The van der Waals surface area contributed by atoms with Gasteiger partial charge in [0, 0.05) is 33.6 Å². The molecule has 25 heavy (non-hydrogen) atoms. The molecule has 0 bridgehead atoms. The topological polar surface area (TPSA) is 23.5 Å². The van der Waals surface area contributed by atoms with E-state index >= 15 is 0 Å². The summed E-state index contributed by atoms with van der Waals surface area (Å²) >= 11 is 12.9. The van der Waals surface area contributed by atoms with Gasteiger partial charge in [0.05, 0.1) is 0 Å². The lowest BCUT2D eigenvalue weighted by molar-refractivity contribution is 0.0106. The number of aliphatic hydroxyl groups is 1. The van der Waals surface area contributed by atoms with E-state index in [9.17, 15) is 5.11 Å². The van der Waals surface area contributed by atoms with Gasteiger partial charge >= 0.3 is 0 Å². The average Bonchev–Trinajstić information content (AvgIpc) is 3.08. The van der Waals surface area contributed by atoms with Gasteiger partial charge < -0.3 is 10.0 Å². The van der Waals surface area contributed by atoms with Crippen LogP contribution >= 0.6 is 35.6 Å². The first-order valence-electron chi connectivity index (χ1n) is 8.48. The summed E-state index contributed by atoms with van der Waals surface area (Å²) in [6.45, 7) is 5.06. The third-order valence-electron chi connectivity index (χ3n) is 5.01. The molecule has 2 aromatic rings. The quantitative estimate of drug-likeness (QED) is 0.728. The van der Waals surface area contributed by atoms with E-state index in [0.717, 1.165) is 19.6 Å². The molecule has 1 heterocycles. The molecule has 1 aliphatic heterocycles. The maximum atomic E-state index is 11.8. The molecular formula is C20H24Cl3NO. The molecule has 3 rings (SSSR count). The van der Waals surface area contributed by atoms with Crippen LogP contribution in [0.2, 0.25) is 10.0 Å². The molecule has 0 aliphatic carbocycles. The zero-order chi connectivity index (χ0) is 17.2. The van der Waals surface area contributed by atoms with Crippen LogP contribution in [0, 0.1) is 5.92 Å². The van der Waals surface area contributed by atoms with Gasteiger partial charge in [0.15, 0.2) is 0 Å². The van der Waals surface area contributed by atoms with Gasteiger partial charge in [-0.05, 0) is 38.1 Å². The smallest absolute Gasteiger partial charge is 0.121 e. The number of hydrogen-bond donors (Lipinski definition) is 1. The lowest BCUT2D eigenvalue weighted by Crippen LogP contribution is -2.41. The Morgan fingerprint density at radius 3 is 1.84 bits per heavy atom. The summed E-state index contributed by atoms with van der Waals surface area (Å²) in [7, 11) is 0. The van der Waals surface area contributed by atoms with Crippen LogP contribution < -0.4 is 0 Å². The molecule has 1 fully saturated rings. The lowest BCUT2D eigenvalue weighted by atomic mass is 9.76. The fourth-order valence-electron chi connectivity index (χ4n) is 3.70. The van der Waals surface area contributed by atoms with E-state index in [1.54, 1.807) is 0 Å². The Bertz CT molecular complexity index is 655. The average molecular weight is 401 g/mol. The van der Waals surface area contributed by atoms with E-state index in [-0.39, 0.29) is 18.3 Å².